The van der Waals surface area contributed by atoms with Crippen molar-refractivity contribution in [3.63, 3.8) is 0 Å². The smallest absolute Gasteiger partial charge is 0.332 e. The minimum Gasteiger partial charge on any atom is -0.379 e. The van der Waals surface area contributed by atoms with Gasteiger partial charge in [-0.05, 0) is 43.3 Å². The predicted molar refractivity (Wildman–Crippen MR) is 153 cm³/mol. The molecule has 1 aromatic carbocycles. The van der Waals surface area contributed by atoms with Gasteiger partial charge >= 0.3 is 6.03 Å². The van der Waals surface area contributed by atoms with E-state index in [-0.39, 0.29) is 15.7 Å². The molecule has 0 spiro atoms. The highest BCUT2D eigenvalue weighted by molar-refractivity contribution is 7.21. The molecule has 0 unspecified atom stereocenters. The molecule has 2 aliphatic rings. The predicted octanol–water partition coefficient (Wildman–Crippen LogP) is 4.95. The van der Waals surface area contributed by atoms with E-state index in [1.165, 1.54) is 29.4 Å². The summed E-state index contributed by atoms with van der Waals surface area (Å²) in [6, 6.07) is 6.94. The number of carbonyl (C=O) groups is 2. The standard InChI is InChI=1S/C26H24ClFN8O3S/c27-17-12-16(3-4-18(17)28)36-23-20-21(34-26(36)38)22(40-25(20)32-14-31-23)24(37)33-15-2-5-19(30-13-15)29-6-1-7-35-8-10-39-11-9-35/h2-5,12-14H,1,6-11H2,(H,29,30)(H,33,37)(H,34,38). The maximum Gasteiger partial charge on any atom is 0.332 e. The molecule has 40 heavy (non-hydrogen) atoms. The quantitative estimate of drug-likeness (QED) is 0.249. The Hall–Kier alpha value is -3.91. The largest absolute Gasteiger partial charge is 0.379 e. The number of urea groups is 1. The molecular formula is C26H24ClFN8O3S. The van der Waals surface area contributed by atoms with Gasteiger partial charge < -0.3 is 20.7 Å². The Morgan fingerprint density at radius 2 is 2.02 bits per heavy atom. The van der Waals surface area contributed by atoms with E-state index in [4.69, 9.17) is 16.3 Å². The summed E-state index contributed by atoms with van der Waals surface area (Å²) in [6.45, 7) is 5.29. The third kappa shape index (κ3) is 5.28. The van der Waals surface area contributed by atoms with Crippen molar-refractivity contribution in [1.82, 2.24) is 19.9 Å². The summed E-state index contributed by atoms with van der Waals surface area (Å²) < 4.78 is 19.1. The summed E-state index contributed by atoms with van der Waals surface area (Å²) in [5, 5.41) is 9.28. The molecule has 3 N–H and O–H groups in total. The number of hydrogen-bond acceptors (Lipinski definition) is 9. The third-order valence-electron chi connectivity index (χ3n) is 6.57. The highest BCUT2D eigenvalue weighted by Crippen LogP contribution is 2.45. The van der Waals surface area contributed by atoms with Crippen molar-refractivity contribution >= 4 is 73.8 Å². The van der Waals surface area contributed by atoms with Gasteiger partial charge in [0, 0.05) is 19.6 Å². The number of nitrogens with one attached hydrogen (secondary N) is 3. The fourth-order valence-corrected chi connectivity index (χ4v) is 5.76. The van der Waals surface area contributed by atoms with Crippen molar-refractivity contribution < 1.29 is 18.7 Å². The van der Waals surface area contributed by atoms with Crippen molar-refractivity contribution in [1.29, 1.82) is 0 Å². The molecule has 0 atom stereocenters. The molecular weight excluding hydrogens is 559 g/mol. The molecule has 3 amide bonds. The summed E-state index contributed by atoms with van der Waals surface area (Å²) >= 11 is 7.07. The molecule has 0 bridgehead atoms. The number of halogens is 2. The topological polar surface area (TPSA) is 125 Å². The van der Waals surface area contributed by atoms with Crippen LogP contribution in [0.3, 0.4) is 0 Å². The summed E-state index contributed by atoms with van der Waals surface area (Å²) in [7, 11) is 0. The zero-order valence-electron chi connectivity index (χ0n) is 21.1. The van der Waals surface area contributed by atoms with Crippen molar-refractivity contribution in [3.8, 4) is 0 Å². The average Bonchev–Trinajstić information content (AvgIpc) is 3.34. The second-order valence-corrected chi connectivity index (χ2v) is 10.6. The Labute approximate surface area is 237 Å². The molecule has 2 aliphatic heterocycles. The maximum absolute atomic E-state index is 13.7. The Balaban J connectivity index is 1.15. The second-order valence-electron chi connectivity index (χ2n) is 9.17. The van der Waals surface area contributed by atoms with E-state index in [0.717, 1.165) is 57.2 Å². The monoisotopic (exact) mass is 582 g/mol. The Bertz CT molecular complexity index is 1580. The minimum absolute atomic E-state index is 0.130. The first kappa shape index (κ1) is 26.3. The number of thiophene rings is 1. The van der Waals surface area contributed by atoms with Gasteiger partial charge in [0.1, 0.15) is 27.7 Å². The fourth-order valence-electron chi connectivity index (χ4n) is 4.59. The van der Waals surface area contributed by atoms with Gasteiger partial charge in [0.2, 0.25) is 0 Å². The molecule has 1 fully saturated rings. The molecule has 11 nitrogen and oxygen atoms in total. The zero-order valence-corrected chi connectivity index (χ0v) is 22.7. The van der Waals surface area contributed by atoms with Gasteiger partial charge in [-0.1, -0.05) is 11.6 Å². The fraction of sp³-hybridized carbons (Fsp3) is 0.269. The normalized spacial score (nSPS) is 15.2. The summed E-state index contributed by atoms with van der Waals surface area (Å²) in [6.07, 6.45) is 3.87. The van der Waals surface area contributed by atoms with Crippen molar-refractivity contribution in [2.45, 2.75) is 6.42 Å². The number of carbonyl (C=O) groups excluding carboxylic acids is 2. The Morgan fingerprint density at radius 3 is 2.80 bits per heavy atom. The molecule has 0 aliphatic carbocycles. The zero-order chi connectivity index (χ0) is 27.6. The molecule has 0 saturated carbocycles. The molecule has 1 saturated heterocycles. The van der Waals surface area contributed by atoms with E-state index in [1.807, 2.05) is 0 Å². The van der Waals surface area contributed by atoms with Gasteiger partial charge in [-0.15, -0.1) is 11.3 Å². The van der Waals surface area contributed by atoms with Gasteiger partial charge in [0.05, 0.1) is 46.9 Å². The van der Waals surface area contributed by atoms with Gasteiger partial charge in [0.25, 0.3) is 5.91 Å². The number of aromatic nitrogens is 3. The van der Waals surface area contributed by atoms with Crippen LogP contribution in [0.4, 0.5) is 37.9 Å². The van der Waals surface area contributed by atoms with Crippen LogP contribution in [0.5, 0.6) is 0 Å². The molecule has 0 radical (unpaired) electrons. The number of ether oxygens (including phenoxy) is 1. The van der Waals surface area contributed by atoms with E-state index >= 15 is 0 Å². The second kappa shape index (κ2) is 11.3. The van der Waals surface area contributed by atoms with Crippen LogP contribution in [0.25, 0.3) is 10.2 Å². The van der Waals surface area contributed by atoms with E-state index in [2.05, 4.69) is 35.8 Å². The first-order chi connectivity index (χ1) is 19.5. The highest BCUT2D eigenvalue weighted by Gasteiger charge is 2.34. The van der Waals surface area contributed by atoms with E-state index < -0.39 is 17.8 Å². The molecule has 6 rings (SSSR count). The van der Waals surface area contributed by atoms with Crippen LogP contribution in [0.15, 0.2) is 42.9 Å². The van der Waals surface area contributed by atoms with Crippen LogP contribution in [0.2, 0.25) is 5.02 Å². The SMILES string of the molecule is O=C(Nc1ccc(NCCCN2CCOCC2)nc1)c1sc2ncnc3c2c1NC(=O)N3c1ccc(F)c(Cl)c1. The maximum atomic E-state index is 13.7. The molecule has 5 heterocycles. The number of benzene rings is 1. The van der Waals surface area contributed by atoms with Gasteiger partial charge in [0.15, 0.2) is 5.82 Å². The summed E-state index contributed by atoms with van der Waals surface area (Å²) in [5.74, 6) is -0.0407. The lowest BCUT2D eigenvalue weighted by Gasteiger charge is -2.27. The lowest BCUT2D eigenvalue weighted by atomic mass is 10.2. The molecule has 206 valence electrons. The number of nitrogens with zero attached hydrogens (tertiary/aromatic N) is 5. The third-order valence-corrected chi connectivity index (χ3v) is 7.95. The summed E-state index contributed by atoms with van der Waals surface area (Å²) in [5.41, 5.74) is 1.14. The molecule has 4 aromatic rings. The minimum atomic E-state index is -0.604. The van der Waals surface area contributed by atoms with E-state index in [1.54, 1.807) is 18.3 Å². The Morgan fingerprint density at radius 1 is 1.18 bits per heavy atom. The van der Waals surface area contributed by atoms with Crippen LogP contribution >= 0.6 is 22.9 Å². The highest BCUT2D eigenvalue weighted by atomic mass is 35.5. The molecule has 3 aromatic heterocycles. The van der Waals surface area contributed by atoms with Crippen LogP contribution in [-0.2, 0) is 4.74 Å². The average molecular weight is 583 g/mol. The van der Waals surface area contributed by atoms with Gasteiger partial charge in [-0.3, -0.25) is 9.69 Å². The number of pyridine rings is 1. The first-order valence-corrected chi connectivity index (χ1v) is 13.8. The Kier molecular flexibility index (Phi) is 7.43. The number of amides is 3. The molecule has 14 heteroatoms. The number of rotatable bonds is 8. The van der Waals surface area contributed by atoms with Crippen LogP contribution in [0, 0.1) is 5.82 Å². The number of anilines is 5. The number of morpholine rings is 1. The van der Waals surface area contributed by atoms with Crippen LogP contribution in [-0.4, -0.2) is 71.2 Å². The first-order valence-electron chi connectivity index (χ1n) is 12.6. The van der Waals surface area contributed by atoms with Crippen molar-refractivity contribution in [2.24, 2.45) is 0 Å². The van der Waals surface area contributed by atoms with E-state index in [9.17, 15) is 14.0 Å². The van der Waals surface area contributed by atoms with E-state index in [0.29, 0.717) is 33.1 Å². The van der Waals surface area contributed by atoms with Gasteiger partial charge in [-0.25, -0.2) is 29.0 Å². The number of hydrogen-bond donors (Lipinski definition) is 3. The van der Waals surface area contributed by atoms with Gasteiger partial charge in [-0.2, -0.15) is 0 Å². The van der Waals surface area contributed by atoms with Crippen LogP contribution in [0.1, 0.15) is 16.1 Å². The lowest BCUT2D eigenvalue weighted by molar-refractivity contribution is 0.0378. The van der Waals surface area contributed by atoms with Crippen molar-refractivity contribution in [3.05, 3.63) is 58.6 Å². The van der Waals surface area contributed by atoms with Crippen LogP contribution < -0.4 is 20.9 Å². The summed E-state index contributed by atoms with van der Waals surface area (Å²) in [4.78, 5) is 43.8. The van der Waals surface area contributed by atoms with Crippen molar-refractivity contribution in [2.75, 3.05) is 60.2 Å². The lowest BCUT2D eigenvalue weighted by Crippen LogP contribution is -2.37.